The normalized spacial score (nSPS) is 13.0. The Hall–Kier alpha value is -2.69. The fourth-order valence-electron chi connectivity index (χ4n) is 2.55. The topological polar surface area (TPSA) is 56.8 Å². The number of rotatable bonds is 7. The van der Waals surface area contributed by atoms with E-state index >= 15 is 0 Å². The minimum atomic E-state index is 0.0174. The first-order valence-corrected chi connectivity index (χ1v) is 8.64. The highest BCUT2D eigenvalue weighted by molar-refractivity contribution is 5.75. The van der Waals surface area contributed by atoms with E-state index in [1.165, 1.54) is 0 Å². The Labute approximate surface area is 147 Å². The first-order valence-electron chi connectivity index (χ1n) is 8.64. The van der Waals surface area contributed by atoms with Crippen molar-refractivity contribution >= 4 is 5.91 Å². The number of para-hydroxylation sites is 1. The fraction of sp³-hybridized carbons (Fsp3) is 0.350. The van der Waals surface area contributed by atoms with E-state index < -0.39 is 0 Å². The van der Waals surface area contributed by atoms with Crippen LogP contribution in [-0.2, 0) is 11.3 Å². The molecule has 132 valence electrons. The molecule has 1 aliphatic heterocycles. The van der Waals surface area contributed by atoms with Crippen LogP contribution in [0.2, 0.25) is 0 Å². The number of ether oxygens (including phenoxy) is 3. The maximum Gasteiger partial charge on any atom is 0.220 e. The fourth-order valence-corrected chi connectivity index (χ4v) is 2.55. The number of benzene rings is 2. The lowest BCUT2D eigenvalue weighted by molar-refractivity contribution is -0.121. The molecule has 2 aromatic rings. The molecule has 0 aromatic heterocycles. The predicted molar refractivity (Wildman–Crippen MR) is 95.1 cm³/mol. The zero-order valence-electron chi connectivity index (χ0n) is 14.2. The second-order valence-electron chi connectivity index (χ2n) is 5.87. The molecule has 1 aliphatic rings. The van der Waals surface area contributed by atoms with Gasteiger partial charge in [0.15, 0.2) is 11.5 Å². The van der Waals surface area contributed by atoms with Gasteiger partial charge in [0.05, 0.1) is 19.8 Å². The van der Waals surface area contributed by atoms with Gasteiger partial charge in [-0.25, -0.2) is 0 Å². The predicted octanol–water partition coefficient (Wildman–Crippen LogP) is 3.32. The zero-order valence-corrected chi connectivity index (χ0v) is 14.2. The molecule has 1 N–H and O–H groups in total. The van der Waals surface area contributed by atoms with Gasteiger partial charge in [-0.1, -0.05) is 24.3 Å². The third kappa shape index (κ3) is 5.41. The van der Waals surface area contributed by atoms with Crippen LogP contribution in [0.25, 0.3) is 0 Å². The largest absolute Gasteiger partial charge is 0.494 e. The lowest BCUT2D eigenvalue weighted by Gasteiger charge is -2.10. The quantitative estimate of drug-likeness (QED) is 0.785. The van der Waals surface area contributed by atoms with E-state index in [1.807, 2.05) is 48.5 Å². The standard InChI is InChI=1S/C20H23NO4/c22-20(8-4-11-23-17-6-2-1-3-7-17)21-15-16-9-10-18-19(14-16)25-13-5-12-24-18/h1-3,6-7,9-10,14H,4-5,8,11-13,15H2,(H,21,22). The minimum absolute atomic E-state index is 0.0174. The summed E-state index contributed by atoms with van der Waals surface area (Å²) in [5.41, 5.74) is 0.998. The van der Waals surface area contributed by atoms with Gasteiger partial charge in [-0.3, -0.25) is 4.79 Å². The average Bonchev–Trinajstić information content (AvgIpc) is 2.89. The second-order valence-corrected chi connectivity index (χ2v) is 5.87. The Kier molecular flexibility index (Phi) is 6.15. The Morgan fingerprint density at radius 1 is 1.04 bits per heavy atom. The number of hydrogen-bond donors (Lipinski definition) is 1. The molecule has 0 spiro atoms. The van der Waals surface area contributed by atoms with E-state index in [0.717, 1.165) is 29.2 Å². The molecule has 1 heterocycles. The van der Waals surface area contributed by atoms with Gasteiger partial charge in [-0.15, -0.1) is 0 Å². The van der Waals surface area contributed by atoms with Crippen LogP contribution in [-0.4, -0.2) is 25.7 Å². The first kappa shape index (κ1) is 17.1. The molecule has 0 fully saturated rings. The summed E-state index contributed by atoms with van der Waals surface area (Å²) >= 11 is 0. The third-order valence-electron chi connectivity index (χ3n) is 3.86. The van der Waals surface area contributed by atoms with E-state index in [1.54, 1.807) is 0 Å². The highest BCUT2D eigenvalue weighted by Crippen LogP contribution is 2.30. The van der Waals surface area contributed by atoms with E-state index in [2.05, 4.69) is 5.32 Å². The van der Waals surface area contributed by atoms with Crippen molar-refractivity contribution in [1.82, 2.24) is 5.32 Å². The Bertz CT molecular complexity index is 687. The maximum atomic E-state index is 11.9. The molecule has 0 radical (unpaired) electrons. The minimum Gasteiger partial charge on any atom is -0.494 e. The molecule has 0 bridgehead atoms. The van der Waals surface area contributed by atoms with Gasteiger partial charge in [0.25, 0.3) is 0 Å². The van der Waals surface area contributed by atoms with E-state index in [9.17, 15) is 4.79 Å². The molecule has 0 atom stereocenters. The maximum absolute atomic E-state index is 11.9. The van der Waals surface area contributed by atoms with Gasteiger partial charge in [0.2, 0.25) is 5.91 Å². The van der Waals surface area contributed by atoms with Crippen molar-refractivity contribution in [3.63, 3.8) is 0 Å². The highest BCUT2D eigenvalue weighted by Gasteiger charge is 2.11. The monoisotopic (exact) mass is 341 g/mol. The van der Waals surface area contributed by atoms with Crippen LogP contribution in [0, 0.1) is 0 Å². The van der Waals surface area contributed by atoms with Crippen LogP contribution in [0.15, 0.2) is 48.5 Å². The van der Waals surface area contributed by atoms with Gasteiger partial charge in [0, 0.05) is 19.4 Å². The van der Waals surface area contributed by atoms with Crippen molar-refractivity contribution in [1.29, 1.82) is 0 Å². The number of nitrogens with one attached hydrogen (secondary N) is 1. The molecule has 2 aromatic carbocycles. The van der Waals surface area contributed by atoms with Crippen LogP contribution < -0.4 is 19.5 Å². The van der Waals surface area contributed by atoms with Gasteiger partial charge < -0.3 is 19.5 Å². The SMILES string of the molecule is O=C(CCCOc1ccccc1)NCc1ccc2c(c1)OCCCO2. The summed E-state index contributed by atoms with van der Waals surface area (Å²) in [4.78, 5) is 11.9. The zero-order chi connectivity index (χ0) is 17.3. The van der Waals surface area contributed by atoms with Crippen LogP contribution >= 0.6 is 0 Å². The summed E-state index contributed by atoms with van der Waals surface area (Å²) < 4.78 is 16.9. The van der Waals surface area contributed by atoms with Gasteiger partial charge in [-0.2, -0.15) is 0 Å². The Morgan fingerprint density at radius 3 is 2.68 bits per heavy atom. The molecule has 0 saturated carbocycles. The van der Waals surface area contributed by atoms with Crippen LogP contribution in [0.5, 0.6) is 17.2 Å². The molecule has 0 unspecified atom stereocenters. The molecule has 25 heavy (non-hydrogen) atoms. The summed E-state index contributed by atoms with van der Waals surface area (Å²) in [7, 11) is 0. The number of carbonyl (C=O) groups is 1. The van der Waals surface area contributed by atoms with Crippen molar-refractivity contribution in [2.45, 2.75) is 25.8 Å². The lowest BCUT2D eigenvalue weighted by Crippen LogP contribution is -2.23. The molecule has 0 saturated heterocycles. The van der Waals surface area contributed by atoms with E-state index in [0.29, 0.717) is 39.2 Å². The lowest BCUT2D eigenvalue weighted by atomic mass is 10.2. The van der Waals surface area contributed by atoms with E-state index in [4.69, 9.17) is 14.2 Å². The third-order valence-corrected chi connectivity index (χ3v) is 3.86. The van der Waals surface area contributed by atoms with Crippen molar-refractivity contribution in [3.05, 3.63) is 54.1 Å². The summed E-state index contributed by atoms with van der Waals surface area (Å²) in [5.74, 6) is 2.37. The highest BCUT2D eigenvalue weighted by atomic mass is 16.5. The van der Waals surface area contributed by atoms with Crippen molar-refractivity contribution in [2.24, 2.45) is 0 Å². The molecule has 3 rings (SSSR count). The van der Waals surface area contributed by atoms with Gasteiger partial charge >= 0.3 is 0 Å². The second kappa shape index (κ2) is 8.97. The molecule has 1 amide bonds. The number of carbonyl (C=O) groups excluding carboxylic acids is 1. The number of amides is 1. The summed E-state index contributed by atoms with van der Waals surface area (Å²) in [6.07, 6.45) is 2.01. The summed E-state index contributed by atoms with van der Waals surface area (Å²) in [5, 5.41) is 2.93. The van der Waals surface area contributed by atoms with Crippen LogP contribution in [0.1, 0.15) is 24.8 Å². The molecular formula is C20H23NO4. The van der Waals surface area contributed by atoms with Gasteiger partial charge in [0.1, 0.15) is 5.75 Å². The molecule has 0 aliphatic carbocycles. The summed E-state index contributed by atoms with van der Waals surface area (Å²) in [6.45, 7) is 2.34. The summed E-state index contributed by atoms with van der Waals surface area (Å²) in [6, 6.07) is 15.4. The van der Waals surface area contributed by atoms with Crippen LogP contribution in [0.4, 0.5) is 0 Å². The molecular weight excluding hydrogens is 318 g/mol. The van der Waals surface area contributed by atoms with Crippen LogP contribution in [0.3, 0.4) is 0 Å². The number of hydrogen-bond acceptors (Lipinski definition) is 4. The smallest absolute Gasteiger partial charge is 0.220 e. The van der Waals surface area contributed by atoms with Crippen molar-refractivity contribution in [3.8, 4) is 17.2 Å². The first-order chi connectivity index (χ1) is 12.3. The van der Waals surface area contributed by atoms with Crippen molar-refractivity contribution < 1.29 is 19.0 Å². The molecule has 5 heteroatoms. The van der Waals surface area contributed by atoms with Gasteiger partial charge in [-0.05, 0) is 36.2 Å². The average molecular weight is 341 g/mol. The molecule has 5 nitrogen and oxygen atoms in total. The number of fused-ring (bicyclic) bond motifs is 1. The Balaban J connectivity index is 1.38. The Morgan fingerprint density at radius 2 is 1.84 bits per heavy atom. The van der Waals surface area contributed by atoms with E-state index in [-0.39, 0.29) is 5.91 Å². The van der Waals surface area contributed by atoms with Crippen molar-refractivity contribution in [2.75, 3.05) is 19.8 Å².